The molecule has 0 aliphatic heterocycles. The number of benzene rings is 5. The third-order valence-corrected chi connectivity index (χ3v) is 6.39. The number of fused-ring (bicyclic) bond motifs is 2. The Morgan fingerprint density at radius 1 is 0.455 bits per heavy atom. The number of para-hydroxylation sites is 1. The quantitative estimate of drug-likeness (QED) is 0.278. The van der Waals surface area contributed by atoms with Crippen LogP contribution in [0.3, 0.4) is 0 Å². The lowest BCUT2D eigenvalue weighted by Gasteiger charge is -2.09. The van der Waals surface area contributed by atoms with E-state index < -0.39 is 0 Å². The number of hydrogen-bond acceptors (Lipinski definition) is 1. The summed E-state index contributed by atoms with van der Waals surface area (Å²) in [5.41, 5.74) is 9.64. The number of pyridine rings is 1. The molecule has 1 nitrogen and oxygen atoms in total. The second kappa shape index (κ2) is 8.03. The topological polar surface area (TPSA) is 12.9 Å². The molecule has 0 saturated carbocycles. The molecule has 33 heavy (non-hydrogen) atoms. The van der Waals surface area contributed by atoms with Crippen LogP contribution in [-0.2, 0) is 0 Å². The Morgan fingerprint density at radius 3 is 1.67 bits per heavy atom. The van der Waals surface area contributed by atoms with E-state index in [0.29, 0.717) is 0 Å². The van der Waals surface area contributed by atoms with Crippen LogP contribution in [0.25, 0.3) is 55.1 Å². The number of rotatable bonds is 3. The molecule has 1 aromatic heterocycles. The minimum atomic E-state index is 1.04. The van der Waals surface area contributed by atoms with E-state index in [-0.39, 0.29) is 0 Å². The molecular formula is C32H23N. The van der Waals surface area contributed by atoms with Crippen molar-refractivity contribution < 1.29 is 0 Å². The maximum absolute atomic E-state index is 4.61. The largest absolute Gasteiger partial charge is 0.256 e. The smallest absolute Gasteiger partial charge is 0.0780 e. The van der Waals surface area contributed by atoms with Crippen molar-refractivity contribution in [2.75, 3.05) is 0 Å². The van der Waals surface area contributed by atoms with Gasteiger partial charge in [0.2, 0.25) is 0 Å². The summed E-state index contributed by atoms with van der Waals surface area (Å²) >= 11 is 0. The van der Waals surface area contributed by atoms with Crippen molar-refractivity contribution in [3.8, 4) is 33.4 Å². The molecule has 0 amide bonds. The van der Waals surface area contributed by atoms with Gasteiger partial charge in [0.25, 0.3) is 0 Å². The maximum Gasteiger partial charge on any atom is 0.0780 e. The van der Waals surface area contributed by atoms with Crippen LogP contribution in [0.15, 0.2) is 121 Å². The predicted molar refractivity (Wildman–Crippen MR) is 140 cm³/mol. The Labute approximate surface area is 194 Å². The van der Waals surface area contributed by atoms with Crippen molar-refractivity contribution in [3.05, 3.63) is 127 Å². The maximum atomic E-state index is 4.61. The summed E-state index contributed by atoms with van der Waals surface area (Å²) in [7, 11) is 0. The molecule has 6 aromatic rings. The van der Waals surface area contributed by atoms with Crippen LogP contribution in [0.2, 0.25) is 0 Å². The van der Waals surface area contributed by atoms with Gasteiger partial charge in [-0.1, -0.05) is 103 Å². The van der Waals surface area contributed by atoms with Crippen molar-refractivity contribution in [1.29, 1.82) is 0 Å². The average Bonchev–Trinajstić information content (AvgIpc) is 2.88. The number of aryl methyl sites for hydroxylation is 1. The van der Waals surface area contributed by atoms with Crippen molar-refractivity contribution in [1.82, 2.24) is 4.98 Å². The number of nitrogens with zero attached hydrogens (tertiary/aromatic N) is 1. The fourth-order valence-corrected chi connectivity index (χ4v) is 4.53. The van der Waals surface area contributed by atoms with Gasteiger partial charge in [0.05, 0.1) is 5.52 Å². The van der Waals surface area contributed by atoms with E-state index in [1.807, 2.05) is 12.3 Å². The highest BCUT2D eigenvalue weighted by Gasteiger charge is 2.07. The van der Waals surface area contributed by atoms with E-state index in [9.17, 15) is 0 Å². The molecule has 0 unspecified atom stereocenters. The monoisotopic (exact) mass is 421 g/mol. The summed E-state index contributed by atoms with van der Waals surface area (Å²) in [6.45, 7) is 2.12. The Kier molecular flexibility index (Phi) is 4.74. The van der Waals surface area contributed by atoms with E-state index >= 15 is 0 Å². The summed E-state index contributed by atoms with van der Waals surface area (Å²) in [4.78, 5) is 4.61. The van der Waals surface area contributed by atoms with Crippen LogP contribution in [-0.4, -0.2) is 4.98 Å². The molecule has 0 aliphatic rings. The normalized spacial score (nSPS) is 11.2. The zero-order valence-corrected chi connectivity index (χ0v) is 18.5. The van der Waals surface area contributed by atoms with E-state index in [2.05, 4.69) is 121 Å². The minimum absolute atomic E-state index is 1.04. The second-order valence-corrected chi connectivity index (χ2v) is 8.60. The highest BCUT2D eigenvalue weighted by atomic mass is 14.6. The third kappa shape index (κ3) is 3.68. The van der Waals surface area contributed by atoms with Crippen LogP contribution in [0, 0.1) is 6.92 Å². The summed E-state index contributed by atoms with van der Waals surface area (Å²) < 4.78 is 0. The molecule has 1 heteroatoms. The molecule has 0 fully saturated rings. The molecular weight excluding hydrogens is 398 g/mol. The van der Waals surface area contributed by atoms with Crippen LogP contribution in [0.5, 0.6) is 0 Å². The Morgan fingerprint density at radius 2 is 1.00 bits per heavy atom. The molecule has 0 atom stereocenters. The van der Waals surface area contributed by atoms with Crippen molar-refractivity contribution in [2.24, 2.45) is 0 Å². The zero-order valence-electron chi connectivity index (χ0n) is 18.5. The average molecular weight is 422 g/mol. The van der Waals surface area contributed by atoms with Crippen molar-refractivity contribution in [2.45, 2.75) is 6.92 Å². The minimum Gasteiger partial charge on any atom is -0.256 e. The molecule has 6 rings (SSSR count). The standard InChI is InChI=1S/C32H23N/c1-22-7-9-23(10-8-22)27-15-17-30-21-28(16-18-29(30)20-27)24-11-13-25(14-12-24)31-6-2-4-26-5-3-19-33-32(26)31/h2-21H,1H3. The first kappa shape index (κ1) is 19.5. The van der Waals surface area contributed by atoms with Crippen LogP contribution < -0.4 is 0 Å². The van der Waals surface area contributed by atoms with Gasteiger partial charge in [-0.25, -0.2) is 0 Å². The highest BCUT2D eigenvalue weighted by Crippen LogP contribution is 2.31. The first-order valence-electron chi connectivity index (χ1n) is 11.3. The summed E-state index contributed by atoms with van der Waals surface area (Å²) in [6, 6.07) is 41.4. The van der Waals surface area contributed by atoms with Crippen LogP contribution >= 0.6 is 0 Å². The molecule has 0 saturated heterocycles. The Balaban J connectivity index is 1.33. The molecule has 0 bridgehead atoms. The first-order chi connectivity index (χ1) is 16.2. The van der Waals surface area contributed by atoms with Gasteiger partial charge in [0.15, 0.2) is 0 Å². The van der Waals surface area contributed by atoms with Gasteiger partial charge < -0.3 is 0 Å². The number of aromatic nitrogens is 1. The molecule has 0 N–H and O–H groups in total. The SMILES string of the molecule is Cc1ccc(-c2ccc3cc(-c4ccc(-c5cccc6cccnc56)cc4)ccc3c2)cc1. The number of hydrogen-bond donors (Lipinski definition) is 0. The second-order valence-electron chi connectivity index (χ2n) is 8.60. The highest BCUT2D eigenvalue weighted by molar-refractivity contribution is 5.94. The van der Waals surface area contributed by atoms with E-state index in [1.54, 1.807) is 0 Å². The molecule has 0 aliphatic carbocycles. The van der Waals surface area contributed by atoms with E-state index in [0.717, 1.165) is 5.52 Å². The van der Waals surface area contributed by atoms with Gasteiger partial charge in [-0.3, -0.25) is 4.98 Å². The van der Waals surface area contributed by atoms with E-state index in [4.69, 9.17) is 0 Å². The molecule has 0 spiro atoms. The zero-order chi connectivity index (χ0) is 22.2. The fourth-order valence-electron chi connectivity index (χ4n) is 4.53. The molecule has 5 aromatic carbocycles. The lowest BCUT2D eigenvalue weighted by molar-refractivity contribution is 1.41. The lowest BCUT2D eigenvalue weighted by atomic mass is 9.96. The van der Waals surface area contributed by atoms with Gasteiger partial charge in [0, 0.05) is 17.1 Å². The Hall–Kier alpha value is -4.23. The lowest BCUT2D eigenvalue weighted by Crippen LogP contribution is -1.85. The predicted octanol–water partition coefficient (Wildman–Crippen LogP) is 8.70. The fraction of sp³-hybridized carbons (Fsp3) is 0.0312. The van der Waals surface area contributed by atoms with Crippen molar-refractivity contribution in [3.63, 3.8) is 0 Å². The Bertz CT molecular complexity index is 1590. The summed E-state index contributed by atoms with van der Waals surface area (Å²) in [6.07, 6.45) is 1.86. The van der Waals surface area contributed by atoms with Crippen LogP contribution in [0.1, 0.15) is 5.56 Å². The summed E-state index contributed by atoms with van der Waals surface area (Å²) in [5, 5.41) is 3.68. The van der Waals surface area contributed by atoms with Crippen LogP contribution in [0.4, 0.5) is 0 Å². The summed E-state index contributed by atoms with van der Waals surface area (Å²) in [5.74, 6) is 0. The molecule has 1 heterocycles. The first-order valence-corrected chi connectivity index (χ1v) is 11.3. The van der Waals surface area contributed by atoms with Crippen molar-refractivity contribution >= 4 is 21.7 Å². The van der Waals surface area contributed by atoms with Gasteiger partial charge in [-0.15, -0.1) is 0 Å². The molecule has 156 valence electrons. The van der Waals surface area contributed by atoms with E-state index in [1.165, 1.54) is 55.1 Å². The van der Waals surface area contributed by atoms with Gasteiger partial charge >= 0.3 is 0 Å². The van der Waals surface area contributed by atoms with Gasteiger partial charge in [-0.2, -0.15) is 0 Å². The molecule has 0 radical (unpaired) electrons. The van der Waals surface area contributed by atoms with Gasteiger partial charge in [-0.05, 0) is 63.7 Å². The van der Waals surface area contributed by atoms with Gasteiger partial charge in [0.1, 0.15) is 0 Å². The third-order valence-electron chi connectivity index (χ3n) is 6.39.